The fraction of sp³-hybridized carbons (Fsp3) is 1.00. The van der Waals surface area contributed by atoms with Gasteiger partial charge in [-0.25, -0.2) is 0 Å². The molecule has 0 aliphatic carbocycles. The maximum atomic E-state index is 4.28. The molecular formula is C16H40N4Ti. The van der Waals surface area contributed by atoms with Crippen molar-refractivity contribution in [3.8, 4) is 0 Å². The molecule has 0 aromatic heterocycles. The third-order valence-corrected chi connectivity index (χ3v) is 1.19. The summed E-state index contributed by atoms with van der Waals surface area (Å²) >= 11 is 0. The normalized spacial score (nSPS) is 9.14. The molecule has 5 heteroatoms. The SMILES string of the molecule is CC(C)[N-]C(C)C.CC(C)[N-]C(C)C.C[N-]C.C[N-]C.[Ti+4]. The van der Waals surface area contributed by atoms with Crippen LogP contribution in [-0.4, -0.2) is 52.4 Å². The molecule has 0 bridgehead atoms. The summed E-state index contributed by atoms with van der Waals surface area (Å²) in [7, 11) is 7.00. The van der Waals surface area contributed by atoms with Gasteiger partial charge in [0, 0.05) is 0 Å². The molecule has 0 spiro atoms. The predicted octanol–water partition coefficient (Wildman–Crippen LogP) is 5.59. The third-order valence-electron chi connectivity index (χ3n) is 1.19. The van der Waals surface area contributed by atoms with Crippen LogP contribution >= 0.6 is 0 Å². The zero-order valence-electron chi connectivity index (χ0n) is 16.6. The summed E-state index contributed by atoms with van der Waals surface area (Å²) in [6.07, 6.45) is 0. The topological polar surface area (TPSA) is 56.4 Å². The van der Waals surface area contributed by atoms with Gasteiger partial charge in [0.15, 0.2) is 0 Å². The van der Waals surface area contributed by atoms with Gasteiger partial charge in [0.1, 0.15) is 0 Å². The van der Waals surface area contributed by atoms with E-state index in [-0.39, 0.29) is 21.7 Å². The van der Waals surface area contributed by atoms with Gasteiger partial charge in [0.25, 0.3) is 0 Å². The van der Waals surface area contributed by atoms with Crippen LogP contribution in [0.2, 0.25) is 0 Å². The van der Waals surface area contributed by atoms with Gasteiger partial charge in [-0.1, -0.05) is 55.4 Å². The molecule has 0 N–H and O–H groups in total. The number of hydrogen-bond donors (Lipinski definition) is 0. The van der Waals surface area contributed by atoms with Gasteiger partial charge in [0.2, 0.25) is 0 Å². The van der Waals surface area contributed by atoms with E-state index in [2.05, 4.69) is 76.7 Å². The predicted molar refractivity (Wildman–Crippen MR) is 97.7 cm³/mol. The van der Waals surface area contributed by atoms with Gasteiger partial charge in [-0.3, -0.25) is 0 Å². The summed E-state index contributed by atoms with van der Waals surface area (Å²) in [6.45, 7) is 16.8. The molecule has 0 aromatic carbocycles. The van der Waals surface area contributed by atoms with Crippen LogP contribution in [0, 0.1) is 0 Å². The first kappa shape index (κ1) is 33.2. The Morgan fingerprint density at radius 3 is 0.524 bits per heavy atom. The molecule has 0 aliphatic rings. The van der Waals surface area contributed by atoms with Gasteiger partial charge in [0.05, 0.1) is 0 Å². The summed E-state index contributed by atoms with van der Waals surface area (Å²) in [5.41, 5.74) is 0. The Morgan fingerprint density at radius 2 is 0.524 bits per heavy atom. The molecule has 0 rings (SSSR count). The first-order valence-electron chi connectivity index (χ1n) is 7.44. The molecule has 0 unspecified atom stereocenters. The van der Waals surface area contributed by atoms with E-state index in [1.165, 1.54) is 0 Å². The number of nitrogens with zero attached hydrogens (tertiary/aromatic N) is 4. The second-order valence-electron chi connectivity index (χ2n) is 5.57. The largest absolute Gasteiger partial charge is 4.00 e. The van der Waals surface area contributed by atoms with Crippen LogP contribution in [0.4, 0.5) is 0 Å². The Balaban J connectivity index is -0.0000000576. The molecule has 0 radical (unpaired) electrons. The third kappa shape index (κ3) is 96.7. The number of rotatable bonds is 4. The van der Waals surface area contributed by atoms with E-state index >= 15 is 0 Å². The van der Waals surface area contributed by atoms with E-state index in [0.717, 1.165) is 0 Å². The second-order valence-corrected chi connectivity index (χ2v) is 5.57. The van der Waals surface area contributed by atoms with Crippen LogP contribution in [0.1, 0.15) is 55.4 Å². The van der Waals surface area contributed by atoms with E-state index in [1.54, 1.807) is 28.2 Å². The van der Waals surface area contributed by atoms with Crippen LogP contribution in [-0.2, 0) is 21.7 Å². The maximum absolute atomic E-state index is 4.28. The fourth-order valence-corrected chi connectivity index (χ4v) is 1.19. The van der Waals surface area contributed by atoms with E-state index in [9.17, 15) is 0 Å². The quantitative estimate of drug-likeness (QED) is 0.601. The van der Waals surface area contributed by atoms with E-state index in [1.807, 2.05) is 0 Å². The molecule has 0 aromatic rings. The van der Waals surface area contributed by atoms with E-state index in [0.29, 0.717) is 24.2 Å². The van der Waals surface area contributed by atoms with E-state index < -0.39 is 0 Å². The van der Waals surface area contributed by atoms with Gasteiger partial charge in [-0.2, -0.15) is 28.2 Å². The minimum absolute atomic E-state index is 0. The van der Waals surface area contributed by atoms with Gasteiger partial charge in [-0.05, 0) is 0 Å². The Hall–Kier alpha value is 0.554. The molecular weight excluding hydrogens is 296 g/mol. The Morgan fingerprint density at radius 1 is 0.429 bits per heavy atom. The van der Waals surface area contributed by atoms with Gasteiger partial charge in [-0.15, -0.1) is 24.2 Å². The van der Waals surface area contributed by atoms with Gasteiger partial charge >= 0.3 is 21.7 Å². The van der Waals surface area contributed by atoms with Crippen molar-refractivity contribution in [1.82, 2.24) is 0 Å². The number of hydrogen-bond acceptors (Lipinski definition) is 0. The molecule has 0 atom stereocenters. The molecule has 4 nitrogen and oxygen atoms in total. The average molecular weight is 336 g/mol. The molecule has 0 amide bonds. The molecule has 0 saturated carbocycles. The molecule has 0 aliphatic heterocycles. The summed E-state index contributed by atoms with van der Waals surface area (Å²) in [6, 6.07) is 2.00. The van der Waals surface area contributed by atoms with E-state index in [4.69, 9.17) is 0 Å². The van der Waals surface area contributed by atoms with Gasteiger partial charge < -0.3 is 21.3 Å². The molecule has 21 heavy (non-hydrogen) atoms. The van der Waals surface area contributed by atoms with Crippen LogP contribution in [0.25, 0.3) is 21.3 Å². The Bertz CT molecular complexity index is 112. The fourth-order valence-electron chi connectivity index (χ4n) is 1.19. The first-order valence-corrected chi connectivity index (χ1v) is 7.44. The smallest absolute Gasteiger partial charge is 0.668 e. The summed E-state index contributed by atoms with van der Waals surface area (Å²) in [4.78, 5) is 0. The molecule has 128 valence electrons. The zero-order valence-corrected chi connectivity index (χ0v) is 18.2. The minimum atomic E-state index is 0. The first-order chi connectivity index (χ1) is 9.08. The summed E-state index contributed by atoms with van der Waals surface area (Å²) in [5.74, 6) is 0. The standard InChI is InChI=1S/2C6H14N.2C2H6N.Ti/c2*1-5(2)7-6(3)4;2*1-3-2;/h2*5-6H,1-4H3;2*1-2H3;/q4*-1;+4. The molecule has 0 heterocycles. The Labute approximate surface area is 150 Å². The average Bonchev–Trinajstić information content (AvgIpc) is 2.15. The van der Waals surface area contributed by atoms with Crippen molar-refractivity contribution in [2.24, 2.45) is 0 Å². The van der Waals surface area contributed by atoms with Crippen molar-refractivity contribution >= 4 is 0 Å². The van der Waals surface area contributed by atoms with Crippen molar-refractivity contribution < 1.29 is 21.7 Å². The molecule has 0 fully saturated rings. The maximum Gasteiger partial charge on any atom is 4.00 e. The van der Waals surface area contributed by atoms with Crippen molar-refractivity contribution in [2.45, 2.75) is 79.6 Å². The van der Waals surface area contributed by atoms with Crippen molar-refractivity contribution in [1.29, 1.82) is 0 Å². The summed E-state index contributed by atoms with van der Waals surface area (Å²) < 4.78 is 0. The van der Waals surface area contributed by atoms with Crippen LogP contribution in [0.3, 0.4) is 0 Å². The second kappa shape index (κ2) is 28.7. The Kier molecular flexibility index (Phi) is 45.4. The molecule has 0 saturated heterocycles. The van der Waals surface area contributed by atoms with Crippen molar-refractivity contribution in [3.05, 3.63) is 21.3 Å². The van der Waals surface area contributed by atoms with Crippen molar-refractivity contribution in [3.63, 3.8) is 0 Å². The van der Waals surface area contributed by atoms with Crippen LogP contribution in [0.15, 0.2) is 0 Å². The monoisotopic (exact) mass is 336 g/mol. The van der Waals surface area contributed by atoms with Crippen LogP contribution in [0.5, 0.6) is 0 Å². The summed E-state index contributed by atoms with van der Waals surface area (Å²) in [5, 5.41) is 15.6. The zero-order chi connectivity index (χ0) is 17.1. The minimum Gasteiger partial charge on any atom is -0.668 e. The van der Waals surface area contributed by atoms with Crippen molar-refractivity contribution in [2.75, 3.05) is 28.2 Å². The van der Waals surface area contributed by atoms with Crippen LogP contribution < -0.4 is 0 Å².